The summed E-state index contributed by atoms with van der Waals surface area (Å²) < 4.78 is 0. The maximum absolute atomic E-state index is 3.25. The van der Waals surface area contributed by atoms with E-state index in [1.807, 2.05) is 0 Å². The van der Waals surface area contributed by atoms with Crippen LogP contribution in [0.5, 0.6) is 0 Å². The first-order chi connectivity index (χ1) is 1.00. The Bertz CT molecular complexity index is 6.00. The largest absolute Gasteiger partial charge is 1.00 e. The van der Waals surface area contributed by atoms with E-state index in [1.54, 1.807) is 6.92 Å². The summed E-state index contributed by atoms with van der Waals surface area (Å²) in [5.41, 5.74) is 0. The van der Waals surface area contributed by atoms with Gasteiger partial charge in [0.25, 0.3) is 0 Å². The molecule has 0 aromatic rings. The topological polar surface area (TPSA) is 0 Å². The van der Waals surface area contributed by atoms with Crippen LogP contribution in [-0.4, -0.2) is 8.41 Å². The molecule has 0 rings (SSSR count). The zero-order valence-corrected chi connectivity index (χ0v) is 5.28. The minimum Gasteiger partial charge on any atom is -0.346 e. The number of hydrogen-bond acceptors (Lipinski definition) is 0. The summed E-state index contributed by atoms with van der Waals surface area (Å²) in [6.45, 7) is 5.00. The van der Waals surface area contributed by atoms with E-state index < -0.39 is 0 Å². The van der Waals surface area contributed by atoms with Crippen molar-refractivity contribution in [3.05, 3.63) is 6.92 Å². The summed E-state index contributed by atoms with van der Waals surface area (Å²) in [5.74, 6) is 0. The van der Waals surface area contributed by atoms with E-state index in [0.717, 1.165) is 0 Å². The van der Waals surface area contributed by atoms with Crippen molar-refractivity contribution in [3.63, 3.8) is 0 Å². The summed E-state index contributed by atoms with van der Waals surface area (Å²) in [7, 11) is 0. The molecule has 0 unspecified atom stereocenters. The first-order valence-corrected chi connectivity index (χ1v) is 0.707. The molecule has 0 spiro atoms. The predicted molar refractivity (Wildman–Crippen MR) is 16.8 cm³/mol. The monoisotopic (exact) mass is 63.0 g/mol. The minimum atomic E-state index is 0. The van der Waals surface area contributed by atoms with Crippen LogP contribution in [0.25, 0.3) is 0 Å². The third-order valence-electron chi connectivity index (χ3n) is 0. The Morgan fingerprint density at radius 3 is 1.25 bits per heavy atom. The van der Waals surface area contributed by atoms with Gasteiger partial charge >= 0.3 is 29.6 Å². The fourth-order valence-electron chi connectivity index (χ4n) is 0. The van der Waals surface area contributed by atoms with Crippen molar-refractivity contribution in [1.29, 1.82) is 0 Å². The summed E-state index contributed by atoms with van der Waals surface area (Å²) in [6, 6.07) is 0. The first-order valence-electron chi connectivity index (χ1n) is 0.707. The molecule has 0 atom stereocenters. The van der Waals surface area contributed by atoms with E-state index in [2.05, 4.69) is 6.92 Å². The van der Waals surface area contributed by atoms with Crippen LogP contribution in [0, 0.1) is 6.92 Å². The van der Waals surface area contributed by atoms with E-state index >= 15 is 0 Å². The van der Waals surface area contributed by atoms with E-state index in [9.17, 15) is 0 Å². The summed E-state index contributed by atoms with van der Waals surface area (Å²) in [5, 5.41) is 0. The molecule has 0 aromatic heterocycles. The van der Waals surface area contributed by atoms with Gasteiger partial charge in [-0.1, -0.05) is 0 Å². The first kappa shape index (κ1) is 19.6. The molecule has 0 aliphatic rings. The molecule has 0 N–H and O–H groups in total. The second-order valence-corrected chi connectivity index (χ2v) is 0. The van der Waals surface area contributed by atoms with Gasteiger partial charge in [0.05, 0.1) is 0 Å². The van der Waals surface area contributed by atoms with Crippen LogP contribution >= 0.6 is 0 Å². The van der Waals surface area contributed by atoms with Gasteiger partial charge < -0.3 is 6.92 Å². The molecule has 0 saturated carbocycles. The van der Waals surface area contributed by atoms with Crippen molar-refractivity contribution in [2.75, 3.05) is 0 Å². The van der Waals surface area contributed by atoms with Crippen LogP contribution in [0.4, 0.5) is 0 Å². The Balaban J connectivity index is -0.00000000500. The van der Waals surface area contributed by atoms with Crippen LogP contribution < -0.4 is 29.6 Å². The van der Waals surface area contributed by atoms with Gasteiger partial charge in [-0.3, -0.25) is 0 Å². The molecule has 0 heterocycles. The average Bonchev–Trinajstić information content (AvgIpc) is 1.00. The molecule has 0 aromatic carbocycles. The van der Waals surface area contributed by atoms with Gasteiger partial charge in [0.1, 0.15) is 0 Å². The zero-order valence-electron chi connectivity index (χ0n) is 3.28. The predicted octanol–water partition coefficient (Wildman–Crippen LogP) is -2.54. The second-order valence-electron chi connectivity index (χ2n) is 0. The quantitative estimate of drug-likeness (QED) is 0.215. The number of rotatable bonds is 0. The Labute approximate surface area is 51.8 Å². The number of hydrogen-bond donors (Lipinski definition) is 0. The van der Waals surface area contributed by atoms with Crippen LogP contribution in [0.2, 0.25) is 0 Å². The Hall–Kier alpha value is 1.06. The van der Waals surface area contributed by atoms with Crippen LogP contribution in [0.3, 0.4) is 0 Å². The van der Waals surface area contributed by atoms with Crippen molar-refractivity contribution < 1.29 is 29.6 Å². The third kappa shape index (κ3) is 11.5. The van der Waals surface area contributed by atoms with Crippen LogP contribution in [0.15, 0.2) is 0 Å². The summed E-state index contributed by atoms with van der Waals surface area (Å²) >= 11 is 0. The molecule has 0 amide bonds. The molecule has 3 radical (unpaired) electrons. The minimum absolute atomic E-state index is 0. The normalized spacial score (nSPS) is 1.50. The Morgan fingerprint density at radius 2 is 1.25 bits per heavy atom. The smallest absolute Gasteiger partial charge is 0.346 e. The average molecular weight is 62.9 g/mol. The molecular formula is C2H5BNa. The van der Waals surface area contributed by atoms with Gasteiger partial charge in [0, 0.05) is 8.41 Å². The van der Waals surface area contributed by atoms with Gasteiger partial charge in [0.2, 0.25) is 0 Å². The standard InChI is InChI=1S/C2H5.B.Na/c1-2;;/h1H2,2H3;;/q-1;;+1. The van der Waals surface area contributed by atoms with Crippen LogP contribution in [-0.2, 0) is 0 Å². The molecule has 0 fully saturated rings. The maximum atomic E-state index is 3.25. The maximum Gasteiger partial charge on any atom is 1.00 e. The van der Waals surface area contributed by atoms with Gasteiger partial charge in [-0.05, 0) is 0 Å². The van der Waals surface area contributed by atoms with E-state index in [-0.39, 0.29) is 38.0 Å². The molecule has 0 aliphatic carbocycles. The van der Waals surface area contributed by atoms with E-state index in [4.69, 9.17) is 0 Å². The molecule has 0 aliphatic heterocycles. The Kier molecular flexibility index (Phi) is 165. The zero-order chi connectivity index (χ0) is 2.00. The second kappa shape index (κ2) is 33.7. The van der Waals surface area contributed by atoms with Crippen molar-refractivity contribution in [3.8, 4) is 0 Å². The van der Waals surface area contributed by atoms with Crippen molar-refractivity contribution in [2.45, 2.75) is 6.92 Å². The van der Waals surface area contributed by atoms with E-state index in [0.29, 0.717) is 0 Å². The van der Waals surface area contributed by atoms with Gasteiger partial charge in [-0.15, -0.1) is 0 Å². The van der Waals surface area contributed by atoms with Crippen molar-refractivity contribution in [2.24, 2.45) is 0 Å². The van der Waals surface area contributed by atoms with Gasteiger partial charge in [0.15, 0.2) is 0 Å². The molecular weight excluding hydrogens is 57.8 g/mol. The fourth-order valence-corrected chi connectivity index (χ4v) is 0. The molecule has 0 bridgehead atoms. The molecule has 0 saturated heterocycles. The fraction of sp³-hybridized carbons (Fsp3) is 0.500. The third-order valence-corrected chi connectivity index (χ3v) is 0. The molecule has 4 heavy (non-hydrogen) atoms. The van der Waals surface area contributed by atoms with Crippen LogP contribution in [0.1, 0.15) is 6.92 Å². The SMILES string of the molecule is [B].[CH2-]C.[Na+]. The van der Waals surface area contributed by atoms with Gasteiger partial charge in [-0.25, -0.2) is 0 Å². The summed E-state index contributed by atoms with van der Waals surface area (Å²) in [4.78, 5) is 0. The molecule has 0 nitrogen and oxygen atoms in total. The van der Waals surface area contributed by atoms with Crippen molar-refractivity contribution >= 4 is 8.41 Å². The van der Waals surface area contributed by atoms with Crippen molar-refractivity contribution in [1.82, 2.24) is 0 Å². The summed E-state index contributed by atoms with van der Waals surface area (Å²) in [6.07, 6.45) is 0. The van der Waals surface area contributed by atoms with E-state index in [1.165, 1.54) is 0 Å². The molecule has 2 heteroatoms. The Morgan fingerprint density at radius 1 is 1.25 bits per heavy atom. The molecule has 17 valence electrons. The van der Waals surface area contributed by atoms with Gasteiger partial charge in [-0.2, -0.15) is 6.92 Å².